The number of rotatable bonds is 3. The molecule has 0 bridgehead atoms. The molecule has 3 heteroatoms. The van der Waals surface area contributed by atoms with Crippen molar-refractivity contribution in [3.63, 3.8) is 0 Å². The fraction of sp³-hybridized carbons (Fsp3) is 0.385. The highest BCUT2D eigenvalue weighted by molar-refractivity contribution is 5.77. The second-order valence-electron chi connectivity index (χ2n) is 4.47. The van der Waals surface area contributed by atoms with Gasteiger partial charge in [0, 0.05) is 12.5 Å². The van der Waals surface area contributed by atoms with Crippen LogP contribution in [0, 0.1) is 0 Å². The smallest absolute Gasteiger partial charge is 0.134 e. The Hall–Kier alpha value is -1.32. The number of para-hydroxylation sites is 1. The van der Waals surface area contributed by atoms with E-state index in [0.717, 1.165) is 16.7 Å². The first kappa shape index (κ1) is 11.2. The van der Waals surface area contributed by atoms with Crippen LogP contribution < -0.4 is 5.73 Å². The van der Waals surface area contributed by atoms with Gasteiger partial charge in [0.2, 0.25) is 0 Å². The van der Waals surface area contributed by atoms with E-state index in [2.05, 4.69) is 0 Å². The molecule has 1 atom stereocenters. The Morgan fingerprint density at radius 3 is 2.62 bits per heavy atom. The summed E-state index contributed by atoms with van der Waals surface area (Å²) in [6.07, 6.45) is 0. The number of methoxy groups -OCH3 is 1. The molecule has 1 aromatic carbocycles. The predicted octanol–water partition coefficient (Wildman–Crippen LogP) is 2.86. The zero-order valence-electron chi connectivity index (χ0n) is 9.86. The molecule has 0 amide bonds. The van der Waals surface area contributed by atoms with Crippen molar-refractivity contribution in [2.75, 3.05) is 7.11 Å². The van der Waals surface area contributed by atoms with Crippen molar-refractivity contribution in [1.29, 1.82) is 0 Å². The van der Waals surface area contributed by atoms with Gasteiger partial charge in [-0.25, -0.2) is 0 Å². The third kappa shape index (κ3) is 1.84. The summed E-state index contributed by atoms with van der Waals surface area (Å²) >= 11 is 0. The number of ether oxygens (including phenoxy) is 1. The molecule has 1 aromatic heterocycles. The summed E-state index contributed by atoms with van der Waals surface area (Å²) in [6.45, 7) is 3.90. The lowest BCUT2D eigenvalue weighted by Gasteiger charge is -2.28. The van der Waals surface area contributed by atoms with Crippen LogP contribution >= 0.6 is 0 Å². The van der Waals surface area contributed by atoms with Crippen LogP contribution in [0.15, 0.2) is 34.7 Å². The summed E-state index contributed by atoms with van der Waals surface area (Å²) in [5, 5.41) is 1.07. The average molecular weight is 219 g/mol. The molecule has 0 aliphatic heterocycles. The quantitative estimate of drug-likeness (QED) is 0.863. The topological polar surface area (TPSA) is 48.4 Å². The molecule has 1 heterocycles. The Balaban J connectivity index is 2.40. The third-order valence-electron chi connectivity index (χ3n) is 3.03. The van der Waals surface area contributed by atoms with Crippen molar-refractivity contribution in [1.82, 2.24) is 0 Å². The van der Waals surface area contributed by atoms with E-state index >= 15 is 0 Å². The van der Waals surface area contributed by atoms with Crippen LogP contribution in [0.4, 0.5) is 0 Å². The highest BCUT2D eigenvalue weighted by Gasteiger charge is 2.29. The largest absolute Gasteiger partial charge is 0.459 e. The van der Waals surface area contributed by atoms with Crippen LogP contribution in [0.5, 0.6) is 0 Å². The van der Waals surface area contributed by atoms with Crippen molar-refractivity contribution in [2.45, 2.75) is 25.5 Å². The number of benzene rings is 1. The molecule has 2 aromatic rings. The minimum Gasteiger partial charge on any atom is -0.459 e. The lowest BCUT2D eigenvalue weighted by molar-refractivity contribution is -0.00493. The van der Waals surface area contributed by atoms with Crippen molar-refractivity contribution >= 4 is 11.0 Å². The predicted molar refractivity (Wildman–Crippen MR) is 64.2 cm³/mol. The number of furan rings is 1. The molecule has 16 heavy (non-hydrogen) atoms. The first-order valence-corrected chi connectivity index (χ1v) is 5.34. The van der Waals surface area contributed by atoms with E-state index in [4.69, 9.17) is 14.9 Å². The van der Waals surface area contributed by atoms with Gasteiger partial charge in [-0.2, -0.15) is 0 Å². The van der Waals surface area contributed by atoms with Crippen molar-refractivity contribution < 1.29 is 9.15 Å². The monoisotopic (exact) mass is 219 g/mol. The Labute approximate surface area is 95.2 Å². The zero-order chi connectivity index (χ0) is 11.8. The molecule has 2 N–H and O–H groups in total. The van der Waals surface area contributed by atoms with Gasteiger partial charge in [0.15, 0.2) is 0 Å². The summed E-state index contributed by atoms with van der Waals surface area (Å²) < 4.78 is 11.1. The normalized spacial score (nSPS) is 14.2. The molecule has 3 nitrogen and oxygen atoms in total. The molecule has 2 rings (SSSR count). The number of hydrogen-bond donors (Lipinski definition) is 1. The second kappa shape index (κ2) is 3.92. The fourth-order valence-corrected chi connectivity index (χ4v) is 1.63. The standard InChI is InChI=1S/C13H17NO2/c1-13(2,15-3)12(14)11-8-9-6-4-5-7-10(9)16-11/h4-8,12H,14H2,1-3H3. The van der Waals surface area contributed by atoms with Gasteiger partial charge >= 0.3 is 0 Å². The highest BCUT2D eigenvalue weighted by Crippen LogP contribution is 2.30. The van der Waals surface area contributed by atoms with E-state index in [-0.39, 0.29) is 6.04 Å². The maximum absolute atomic E-state index is 6.13. The van der Waals surface area contributed by atoms with Crippen LogP contribution in [0.2, 0.25) is 0 Å². The molecule has 0 saturated heterocycles. The summed E-state index contributed by atoms with van der Waals surface area (Å²) in [6, 6.07) is 9.57. The van der Waals surface area contributed by atoms with Gasteiger partial charge in [-0.15, -0.1) is 0 Å². The summed E-state index contributed by atoms with van der Waals surface area (Å²) in [5.41, 5.74) is 6.55. The van der Waals surface area contributed by atoms with E-state index in [1.54, 1.807) is 7.11 Å². The Kier molecular flexibility index (Phi) is 2.74. The van der Waals surface area contributed by atoms with E-state index in [9.17, 15) is 0 Å². The van der Waals surface area contributed by atoms with Crippen LogP contribution in [0.1, 0.15) is 25.6 Å². The molecule has 0 saturated carbocycles. The van der Waals surface area contributed by atoms with Gasteiger partial charge in [0.25, 0.3) is 0 Å². The lowest BCUT2D eigenvalue weighted by Crippen LogP contribution is -2.36. The van der Waals surface area contributed by atoms with Gasteiger partial charge in [-0.1, -0.05) is 18.2 Å². The Morgan fingerprint density at radius 2 is 2.00 bits per heavy atom. The van der Waals surface area contributed by atoms with Crippen LogP contribution in [-0.2, 0) is 4.74 Å². The molecule has 0 aliphatic carbocycles. The van der Waals surface area contributed by atoms with Gasteiger partial charge in [-0.3, -0.25) is 0 Å². The number of nitrogens with two attached hydrogens (primary N) is 1. The zero-order valence-corrected chi connectivity index (χ0v) is 9.86. The molecular weight excluding hydrogens is 202 g/mol. The van der Waals surface area contributed by atoms with E-state index < -0.39 is 5.60 Å². The summed E-state index contributed by atoms with van der Waals surface area (Å²) in [5.74, 6) is 0.757. The maximum atomic E-state index is 6.13. The van der Waals surface area contributed by atoms with E-state index in [0.29, 0.717) is 0 Å². The number of fused-ring (bicyclic) bond motifs is 1. The number of hydrogen-bond acceptors (Lipinski definition) is 3. The van der Waals surface area contributed by atoms with Crippen LogP contribution in [-0.4, -0.2) is 12.7 Å². The second-order valence-corrected chi connectivity index (χ2v) is 4.47. The molecule has 0 aliphatic rings. The molecule has 1 unspecified atom stereocenters. The van der Waals surface area contributed by atoms with Crippen molar-refractivity contribution in [3.8, 4) is 0 Å². The minimum atomic E-state index is -0.437. The minimum absolute atomic E-state index is 0.273. The first-order chi connectivity index (χ1) is 7.54. The fourth-order valence-electron chi connectivity index (χ4n) is 1.63. The SMILES string of the molecule is COC(C)(C)C(N)c1cc2ccccc2o1. The van der Waals surface area contributed by atoms with E-state index in [1.165, 1.54) is 0 Å². The summed E-state index contributed by atoms with van der Waals surface area (Å²) in [7, 11) is 1.66. The van der Waals surface area contributed by atoms with Gasteiger partial charge in [0.05, 0.1) is 11.6 Å². The Bertz CT molecular complexity index is 454. The molecular formula is C13H17NO2. The summed E-state index contributed by atoms with van der Waals surface area (Å²) in [4.78, 5) is 0. The Morgan fingerprint density at radius 1 is 1.31 bits per heavy atom. The van der Waals surface area contributed by atoms with Crippen molar-refractivity contribution in [2.24, 2.45) is 5.73 Å². The molecule has 86 valence electrons. The maximum Gasteiger partial charge on any atom is 0.134 e. The van der Waals surface area contributed by atoms with Crippen molar-refractivity contribution in [3.05, 3.63) is 36.1 Å². The molecule has 0 spiro atoms. The highest BCUT2D eigenvalue weighted by atomic mass is 16.5. The van der Waals surface area contributed by atoms with Gasteiger partial charge in [-0.05, 0) is 26.0 Å². The third-order valence-corrected chi connectivity index (χ3v) is 3.03. The van der Waals surface area contributed by atoms with Gasteiger partial charge in [0.1, 0.15) is 11.3 Å². The van der Waals surface area contributed by atoms with Gasteiger partial charge < -0.3 is 14.9 Å². The lowest BCUT2D eigenvalue weighted by atomic mass is 9.97. The molecule has 0 fully saturated rings. The van der Waals surface area contributed by atoms with Crippen LogP contribution in [0.25, 0.3) is 11.0 Å². The van der Waals surface area contributed by atoms with E-state index in [1.807, 2.05) is 44.2 Å². The van der Waals surface area contributed by atoms with Crippen LogP contribution in [0.3, 0.4) is 0 Å². The molecule has 0 radical (unpaired) electrons. The average Bonchev–Trinajstić information content (AvgIpc) is 2.71. The first-order valence-electron chi connectivity index (χ1n) is 5.34.